The number of amides is 1. The Balaban J connectivity index is 1.12. The van der Waals surface area contributed by atoms with Crippen LogP contribution in [-0.2, 0) is 39.4 Å². The molecular formula is C22H26N9O9P2S+. The maximum atomic E-state index is 12.9. The predicted octanol–water partition coefficient (Wildman–Crippen LogP) is 1.20. The number of nitrogens with zero attached hydrogens (tertiary/aromatic N) is 7. The number of nitrogens with two attached hydrogens (primary N) is 2. The SMILES string of the molecule is NC(=O)c1cccc2c1nnn2[C@@H]1O[C@H](COP(O)(O)=S)C[C@H]1O[P+](=O)OC[C@@H]1CC[C@H](n2cnc3c(N)ncnc32)O1. The number of carbonyl (C=O) groups is 1. The fourth-order valence-electron chi connectivity index (χ4n) is 5.04. The number of nitrogen functional groups attached to an aromatic ring is 1. The zero-order valence-electron chi connectivity index (χ0n) is 22.1. The first-order valence-corrected chi connectivity index (χ1v) is 16.6. The Morgan fingerprint density at radius 1 is 1.16 bits per heavy atom. The van der Waals surface area contributed by atoms with Gasteiger partial charge < -0.3 is 35.3 Å². The quantitative estimate of drug-likeness (QED) is 0.166. The minimum Gasteiger partial charge on any atom is -0.382 e. The van der Waals surface area contributed by atoms with Gasteiger partial charge in [-0.1, -0.05) is 11.3 Å². The van der Waals surface area contributed by atoms with Gasteiger partial charge in [-0.05, 0) is 36.8 Å². The van der Waals surface area contributed by atoms with E-state index in [1.807, 2.05) is 0 Å². The van der Waals surface area contributed by atoms with E-state index in [-0.39, 0.29) is 48.9 Å². The van der Waals surface area contributed by atoms with Crippen LogP contribution in [0.5, 0.6) is 0 Å². The molecule has 2 fully saturated rings. The molecule has 0 saturated carbocycles. The molecule has 21 heteroatoms. The van der Waals surface area contributed by atoms with Crippen molar-refractivity contribution in [2.45, 2.75) is 50.0 Å². The summed E-state index contributed by atoms with van der Waals surface area (Å²) in [5, 5.41) is 8.17. The summed E-state index contributed by atoms with van der Waals surface area (Å²) in [6.45, 7) is -4.24. The fraction of sp³-hybridized carbons (Fsp3) is 0.455. The average Bonchev–Trinajstić information content (AvgIpc) is 3.75. The number of primary amides is 1. The lowest BCUT2D eigenvalue weighted by Gasteiger charge is -2.16. The number of benzene rings is 1. The van der Waals surface area contributed by atoms with Gasteiger partial charge in [-0.15, -0.1) is 14.1 Å². The fourth-order valence-corrected chi connectivity index (χ4v) is 6.35. The number of aromatic nitrogens is 7. The standard InChI is InChI=1S/C22H25N9O9P2S/c23-19-18-21(26-9-25-19)30(10-27-18)16-5-4-11(38-16)7-36-41(33)40-15-6-12(8-37-42(34,35)43)39-22(15)31-14-3-1-2-13(20(24)32)17(14)28-29-31/h1-3,9-12,15-16,22H,4-8H2,(H5-,23,24,25,26,32,34,35,43)/p+1/t11-,12-,15+,16+,22+/m0/s1. The van der Waals surface area contributed by atoms with E-state index in [0.717, 1.165) is 0 Å². The molecule has 2 aliphatic rings. The number of hydrogen-bond acceptors (Lipinski definition) is 14. The normalized spacial score (nSPS) is 24.7. The molecule has 43 heavy (non-hydrogen) atoms. The highest BCUT2D eigenvalue weighted by atomic mass is 32.5. The van der Waals surface area contributed by atoms with E-state index in [4.69, 9.17) is 34.5 Å². The van der Waals surface area contributed by atoms with Gasteiger partial charge in [0.2, 0.25) is 0 Å². The molecule has 6 N–H and O–H groups in total. The van der Waals surface area contributed by atoms with E-state index in [0.29, 0.717) is 29.5 Å². The van der Waals surface area contributed by atoms with Crippen molar-refractivity contribution in [3.05, 3.63) is 36.4 Å². The van der Waals surface area contributed by atoms with Crippen LogP contribution < -0.4 is 11.5 Å². The van der Waals surface area contributed by atoms with Crippen LogP contribution >= 0.6 is 15.0 Å². The van der Waals surface area contributed by atoms with Crippen LogP contribution in [0.1, 0.15) is 42.1 Å². The number of ether oxygens (including phenoxy) is 2. The third-order valence-electron chi connectivity index (χ3n) is 6.95. The van der Waals surface area contributed by atoms with Gasteiger partial charge in [0.05, 0.1) is 36.2 Å². The van der Waals surface area contributed by atoms with Crippen LogP contribution in [-0.4, -0.2) is 81.7 Å². The zero-order chi connectivity index (χ0) is 30.3. The first-order chi connectivity index (χ1) is 20.6. The second-order valence-electron chi connectivity index (χ2n) is 9.78. The molecule has 1 unspecified atom stereocenters. The third-order valence-corrected chi connectivity index (χ3v) is 8.56. The lowest BCUT2D eigenvalue weighted by molar-refractivity contribution is -0.0515. The van der Waals surface area contributed by atoms with Crippen molar-refractivity contribution in [1.29, 1.82) is 0 Å². The first kappa shape index (κ1) is 30.0. The Morgan fingerprint density at radius 2 is 2.00 bits per heavy atom. The van der Waals surface area contributed by atoms with Gasteiger partial charge in [0, 0.05) is 11.0 Å². The number of imidazole rings is 1. The summed E-state index contributed by atoms with van der Waals surface area (Å²) in [7, 11) is -2.67. The van der Waals surface area contributed by atoms with Crippen molar-refractivity contribution in [3.8, 4) is 0 Å². The molecule has 5 heterocycles. The van der Waals surface area contributed by atoms with Crippen molar-refractivity contribution in [2.24, 2.45) is 5.73 Å². The van der Waals surface area contributed by atoms with Gasteiger partial charge >= 0.3 is 15.0 Å². The summed E-state index contributed by atoms with van der Waals surface area (Å²) >= 11 is 4.53. The zero-order valence-corrected chi connectivity index (χ0v) is 24.8. The Bertz CT molecular complexity index is 1730. The van der Waals surface area contributed by atoms with E-state index in [2.05, 4.69) is 37.1 Å². The van der Waals surface area contributed by atoms with Crippen LogP contribution in [0.15, 0.2) is 30.9 Å². The van der Waals surface area contributed by atoms with E-state index in [1.54, 1.807) is 23.0 Å². The minimum absolute atomic E-state index is 0.0214. The van der Waals surface area contributed by atoms with Gasteiger partial charge in [-0.2, -0.15) is 0 Å². The minimum atomic E-state index is -3.95. The van der Waals surface area contributed by atoms with E-state index in [9.17, 15) is 19.1 Å². The molecule has 1 aromatic carbocycles. The number of carbonyl (C=O) groups excluding carboxylic acids is 1. The Labute approximate surface area is 248 Å². The smallest absolute Gasteiger partial charge is 0.382 e. The summed E-state index contributed by atoms with van der Waals surface area (Å²) in [6, 6.07) is 4.77. The van der Waals surface area contributed by atoms with Gasteiger partial charge in [-0.25, -0.2) is 19.6 Å². The highest BCUT2D eigenvalue weighted by Crippen LogP contribution is 2.43. The molecule has 6 atom stereocenters. The van der Waals surface area contributed by atoms with Crippen molar-refractivity contribution in [3.63, 3.8) is 0 Å². The molecular weight excluding hydrogens is 628 g/mol. The molecule has 6 rings (SSSR count). The summed E-state index contributed by atoms with van der Waals surface area (Å²) in [5.74, 6) is -0.420. The highest BCUT2D eigenvalue weighted by Gasteiger charge is 2.46. The van der Waals surface area contributed by atoms with Crippen molar-refractivity contribution < 1.29 is 42.2 Å². The van der Waals surface area contributed by atoms with Crippen LogP contribution in [0.4, 0.5) is 5.82 Å². The molecule has 3 aromatic heterocycles. The Kier molecular flexibility index (Phi) is 8.45. The lowest BCUT2D eigenvalue weighted by Crippen LogP contribution is -2.23. The molecule has 0 bridgehead atoms. The second kappa shape index (κ2) is 12.1. The molecule has 4 aromatic rings. The molecule has 18 nitrogen and oxygen atoms in total. The van der Waals surface area contributed by atoms with Gasteiger partial charge in [0.25, 0.3) is 5.91 Å². The van der Waals surface area contributed by atoms with Gasteiger partial charge in [-0.3, -0.25) is 9.36 Å². The largest absolute Gasteiger partial charge is 0.697 e. The van der Waals surface area contributed by atoms with Crippen molar-refractivity contribution in [1.82, 2.24) is 34.5 Å². The van der Waals surface area contributed by atoms with Crippen molar-refractivity contribution >= 4 is 60.7 Å². The predicted molar refractivity (Wildman–Crippen MR) is 151 cm³/mol. The van der Waals surface area contributed by atoms with Gasteiger partial charge in [0.1, 0.15) is 30.2 Å². The number of fused-ring (bicyclic) bond motifs is 2. The van der Waals surface area contributed by atoms with Crippen LogP contribution in [0.2, 0.25) is 0 Å². The van der Waals surface area contributed by atoms with Gasteiger partial charge in [0.15, 0.2) is 23.8 Å². The first-order valence-electron chi connectivity index (χ1n) is 12.9. The molecule has 2 aliphatic heterocycles. The number of hydrogen-bond donors (Lipinski definition) is 4. The third kappa shape index (κ3) is 6.41. The van der Waals surface area contributed by atoms with E-state index >= 15 is 0 Å². The molecule has 0 radical (unpaired) electrons. The van der Waals surface area contributed by atoms with Crippen molar-refractivity contribution in [2.75, 3.05) is 18.9 Å². The molecule has 0 aliphatic carbocycles. The topological polar surface area (TPSA) is 247 Å². The summed E-state index contributed by atoms with van der Waals surface area (Å²) in [6.07, 6.45) is 0.923. The monoisotopic (exact) mass is 654 g/mol. The molecule has 0 spiro atoms. The average molecular weight is 655 g/mol. The summed E-state index contributed by atoms with van der Waals surface area (Å²) in [4.78, 5) is 43.3. The Hall–Kier alpha value is -3.09. The molecule has 2 saturated heterocycles. The lowest BCUT2D eigenvalue weighted by atomic mass is 10.1. The van der Waals surface area contributed by atoms with E-state index < -0.39 is 39.3 Å². The van der Waals surface area contributed by atoms with Crippen LogP contribution in [0.3, 0.4) is 0 Å². The number of rotatable bonds is 11. The summed E-state index contributed by atoms with van der Waals surface area (Å²) in [5.41, 5.74) is 13.2. The van der Waals surface area contributed by atoms with E-state index in [1.165, 1.54) is 17.1 Å². The Morgan fingerprint density at radius 3 is 2.79 bits per heavy atom. The highest BCUT2D eigenvalue weighted by molar-refractivity contribution is 8.06. The second-order valence-corrected chi connectivity index (χ2v) is 13.4. The maximum absolute atomic E-state index is 12.9. The molecule has 228 valence electrons. The molecule has 1 amide bonds. The van der Waals surface area contributed by atoms with Crippen LogP contribution in [0.25, 0.3) is 22.2 Å². The number of anilines is 1. The maximum Gasteiger partial charge on any atom is 0.697 e. The summed E-state index contributed by atoms with van der Waals surface area (Å²) < 4.78 is 44.4. The van der Waals surface area contributed by atoms with Crippen LogP contribution in [0, 0.1) is 0 Å².